The minimum atomic E-state index is 0.300. The van der Waals surface area contributed by atoms with E-state index in [1.165, 1.54) is 29.5 Å². The fraction of sp³-hybridized carbons (Fsp3) is 0.379. The third-order valence-electron chi connectivity index (χ3n) is 6.88. The minimum Gasteiger partial charge on any atom is -0.508 e. The summed E-state index contributed by atoms with van der Waals surface area (Å²) in [5.74, 6) is 1.51. The Hall–Kier alpha value is -2.33. The van der Waals surface area contributed by atoms with Crippen molar-refractivity contribution in [2.24, 2.45) is 5.92 Å². The smallest absolute Gasteiger partial charge is 0.115 e. The van der Waals surface area contributed by atoms with E-state index in [-0.39, 0.29) is 0 Å². The van der Waals surface area contributed by atoms with Gasteiger partial charge in [0.25, 0.3) is 0 Å². The van der Waals surface area contributed by atoms with E-state index in [4.69, 9.17) is 11.6 Å². The average molecular weight is 463 g/mol. The van der Waals surface area contributed by atoms with Crippen molar-refractivity contribution in [2.45, 2.75) is 45.2 Å². The van der Waals surface area contributed by atoms with Crippen LogP contribution in [0, 0.1) is 5.92 Å². The molecular formula is C29H35ClN2O. The van der Waals surface area contributed by atoms with Crippen LogP contribution in [0.1, 0.15) is 43.7 Å². The fourth-order valence-corrected chi connectivity index (χ4v) is 4.86. The third kappa shape index (κ3) is 6.60. The number of hydrogen-bond acceptors (Lipinski definition) is 3. The lowest BCUT2D eigenvalue weighted by Gasteiger charge is -2.36. The molecule has 4 heteroatoms. The first kappa shape index (κ1) is 23.8. The van der Waals surface area contributed by atoms with E-state index < -0.39 is 0 Å². The van der Waals surface area contributed by atoms with Crippen LogP contribution in [-0.4, -0.2) is 35.7 Å². The predicted octanol–water partition coefficient (Wildman–Crippen LogP) is 6.71. The number of nitrogens with zero attached hydrogens (tertiary/aromatic N) is 1. The maximum atomic E-state index is 9.55. The lowest BCUT2D eigenvalue weighted by Crippen LogP contribution is -2.46. The average Bonchev–Trinajstić information content (AvgIpc) is 2.83. The van der Waals surface area contributed by atoms with Crippen LogP contribution in [0.4, 0.5) is 0 Å². The molecule has 3 nitrogen and oxygen atoms in total. The van der Waals surface area contributed by atoms with Gasteiger partial charge in [0, 0.05) is 24.2 Å². The van der Waals surface area contributed by atoms with Gasteiger partial charge in [0.05, 0.1) is 0 Å². The molecule has 1 fully saturated rings. The molecule has 1 aliphatic heterocycles. The summed E-state index contributed by atoms with van der Waals surface area (Å²) in [6.45, 7) is 8.86. The molecule has 3 aromatic rings. The van der Waals surface area contributed by atoms with Crippen LogP contribution >= 0.6 is 11.6 Å². The van der Waals surface area contributed by atoms with E-state index in [1.807, 2.05) is 24.3 Å². The summed E-state index contributed by atoms with van der Waals surface area (Å²) >= 11 is 6.06. The second kappa shape index (κ2) is 11.2. The lowest BCUT2D eigenvalue weighted by atomic mass is 9.89. The Morgan fingerprint density at radius 2 is 1.64 bits per heavy atom. The Kier molecular flexibility index (Phi) is 8.08. The molecule has 3 aromatic carbocycles. The molecule has 4 rings (SSSR count). The fourth-order valence-electron chi connectivity index (χ4n) is 4.74. The summed E-state index contributed by atoms with van der Waals surface area (Å²) in [6, 6.07) is 24.9. The molecule has 0 unspecified atom stereocenters. The first-order valence-electron chi connectivity index (χ1n) is 12.1. The van der Waals surface area contributed by atoms with Gasteiger partial charge in [-0.3, -0.25) is 0 Å². The highest BCUT2D eigenvalue weighted by Crippen LogP contribution is 2.29. The molecule has 0 amide bonds. The zero-order chi connectivity index (χ0) is 23.2. The van der Waals surface area contributed by atoms with Gasteiger partial charge in [0.15, 0.2) is 0 Å². The van der Waals surface area contributed by atoms with Crippen molar-refractivity contribution in [1.82, 2.24) is 10.2 Å². The molecule has 2 N–H and O–H groups in total. The summed E-state index contributed by atoms with van der Waals surface area (Å²) in [5.41, 5.74) is 5.01. The van der Waals surface area contributed by atoms with Crippen LogP contribution in [0.15, 0.2) is 72.8 Å². The molecule has 0 bridgehead atoms. The maximum absolute atomic E-state index is 9.55. The molecule has 0 aromatic heterocycles. The zero-order valence-electron chi connectivity index (χ0n) is 19.7. The van der Waals surface area contributed by atoms with Crippen molar-refractivity contribution in [3.05, 3.63) is 88.9 Å². The van der Waals surface area contributed by atoms with Crippen molar-refractivity contribution in [3.8, 4) is 16.9 Å². The quantitative estimate of drug-likeness (QED) is 0.390. The summed E-state index contributed by atoms with van der Waals surface area (Å²) in [7, 11) is 0. The first-order chi connectivity index (χ1) is 16.0. The molecule has 1 atom stereocenters. The van der Waals surface area contributed by atoms with Crippen molar-refractivity contribution >= 4 is 11.6 Å². The molecule has 174 valence electrons. The summed E-state index contributed by atoms with van der Waals surface area (Å²) in [6.07, 6.45) is 2.42. The Morgan fingerprint density at radius 1 is 0.939 bits per heavy atom. The Bertz CT molecular complexity index is 1010. The second-order valence-corrected chi connectivity index (χ2v) is 10.0. The normalized spacial score (nSPS) is 16.2. The molecule has 0 saturated carbocycles. The third-order valence-corrected chi connectivity index (χ3v) is 7.14. The molecule has 33 heavy (non-hydrogen) atoms. The molecule has 1 heterocycles. The van der Waals surface area contributed by atoms with Gasteiger partial charge in [0.1, 0.15) is 5.75 Å². The Balaban J connectivity index is 1.31. The molecule has 1 saturated heterocycles. The SMILES string of the molecule is CC(C)[C@H](CN1CCC(c2ccc(Cl)cc2)CC1)NCc1cccc(-c2ccc(O)cc2)c1. The van der Waals surface area contributed by atoms with Crippen molar-refractivity contribution in [2.75, 3.05) is 19.6 Å². The van der Waals surface area contributed by atoms with E-state index in [2.05, 4.69) is 60.5 Å². The van der Waals surface area contributed by atoms with Crippen LogP contribution in [0.25, 0.3) is 11.1 Å². The van der Waals surface area contributed by atoms with Crippen LogP contribution in [-0.2, 0) is 6.54 Å². The van der Waals surface area contributed by atoms with Gasteiger partial charge in [-0.2, -0.15) is 0 Å². The highest BCUT2D eigenvalue weighted by atomic mass is 35.5. The Morgan fingerprint density at radius 3 is 2.30 bits per heavy atom. The van der Waals surface area contributed by atoms with Gasteiger partial charge in [-0.1, -0.05) is 67.9 Å². The van der Waals surface area contributed by atoms with Gasteiger partial charge < -0.3 is 15.3 Å². The topological polar surface area (TPSA) is 35.5 Å². The molecule has 1 aliphatic rings. The highest BCUT2D eigenvalue weighted by molar-refractivity contribution is 6.30. The minimum absolute atomic E-state index is 0.300. The van der Waals surface area contributed by atoms with Gasteiger partial charge in [-0.15, -0.1) is 0 Å². The van der Waals surface area contributed by atoms with Crippen LogP contribution in [0.3, 0.4) is 0 Å². The number of aromatic hydroxyl groups is 1. The number of hydrogen-bond donors (Lipinski definition) is 2. The van der Waals surface area contributed by atoms with E-state index in [9.17, 15) is 5.11 Å². The summed E-state index contributed by atoms with van der Waals surface area (Å²) in [4.78, 5) is 2.62. The van der Waals surface area contributed by atoms with E-state index in [1.54, 1.807) is 12.1 Å². The number of benzene rings is 3. The molecule has 0 radical (unpaired) electrons. The van der Waals surface area contributed by atoms with Gasteiger partial charge in [0.2, 0.25) is 0 Å². The number of phenolic OH excluding ortho intramolecular Hbond substituents is 1. The second-order valence-electron chi connectivity index (χ2n) is 9.61. The molecular weight excluding hydrogens is 428 g/mol. The predicted molar refractivity (Wildman–Crippen MR) is 139 cm³/mol. The van der Waals surface area contributed by atoms with Gasteiger partial charge >= 0.3 is 0 Å². The number of piperidine rings is 1. The number of likely N-dealkylation sites (tertiary alicyclic amines) is 1. The highest BCUT2D eigenvalue weighted by Gasteiger charge is 2.24. The lowest BCUT2D eigenvalue weighted by molar-refractivity contribution is 0.175. The number of halogens is 1. The van der Waals surface area contributed by atoms with Crippen LogP contribution < -0.4 is 5.32 Å². The first-order valence-corrected chi connectivity index (χ1v) is 12.5. The van der Waals surface area contributed by atoms with Gasteiger partial charge in [-0.25, -0.2) is 0 Å². The molecule has 0 spiro atoms. The van der Waals surface area contributed by atoms with Crippen molar-refractivity contribution < 1.29 is 5.11 Å². The number of nitrogens with one attached hydrogen (secondary N) is 1. The van der Waals surface area contributed by atoms with Crippen LogP contribution in [0.2, 0.25) is 5.02 Å². The van der Waals surface area contributed by atoms with E-state index >= 15 is 0 Å². The summed E-state index contributed by atoms with van der Waals surface area (Å²) in [5, 5.41) is 14.2. The summed E-state index contributed by atoms with van der Waals surface area (Å²) < 4.78 is 0. The number of rotatable bonds is 8. The maximum Gasteiger partial charge on any atom is 0.115 e. The number of phenols is 1. The largest absolute Gasteiger partial charge is 0.508 e. The standard InChI is InChI=1S/C29H35ClN2O/c1-21(2)29(20-32-16-14-25(15-17-32)23-6-10-27(30)11-7-23)31-19-22-4-3-5-26(18-22)24-8-12-28(33)13-9-24/h3-13,18,21,25,29,31,33H,14-17,19-20H2,1-2H3/t29-/m0/s1. The van der Waals surface area contributed by atoms with Gasteiger partial charge in [-0.05, 0) is 90.4 Å². The van der Waals surface area contributed by atoms with Crippen LogP contribution in [0.5, 0.6) is 5.75 Å². The molecule has 0 aliphatic carbocycles. The Labute approximate surface area is 203 Å². The van der Waals surface area contributed by atoms with E-state index in [0.717, 1.165) is 36.8 Å². The van der Waals surface area contributed by atoms with Crippen molar-refractivity contribution in [3.63, 3.8) is 0 Å². The zero-order valence-corrected chi connectivity index (χ0v) is 20.4. The monoisotopic (exact) mass is 462 g/mol. The van der Waals surface area contributed by atoms with Crippen molar-refractivity contribution in [1.29, 1.82) is 0 Å². The van der Waals surface area contributed by atoms with E-state index in [0.29, 0.717) is 23.6 Å².